The van der Waals surface area contributed by atoms with Crippen molar-refractivity contribution in [3.63, 3.8) is 0 Å². The Morgan fingerprint density at radius 1 is 1.00 bits per heavy atom. The summed E-state index contributed by atoms with van der Waals surface area (Å²) in [5.74, 6) is 0.456. The summed E-state index contributed by atoms with van der Waals surface area (Å²) in [5.41, 5.74) is -0.174. The lowest BCUT2D eigenvalue weighted by molar-refractivity contribution is -0.118. The fraction of sp³-hybridized carbons (Fsp3) is 0.929. The lowest BCUT2D eigenvalue weighted by Gasteiger charge is -2.38. The number of hydrogen-bond acceptors (Lipinski definition) is 2. The molecule has 0 amide bonds. The predicted molar refractivity (Wildman–Crippen MR) is 62.0 cm³/mol. The maximum Gasteiger partial charge on any atom is 0.134 e. The van der Waals surface area contributed by atoms with Crippen molar-refractivity contribution in [3.05, 3.63) is 0 Å². The minimum atomic E-state index is -0.516. The molecular formula is C14H22O2. The van der Waals surface area contributed by atoms with Crippen LogP contribution >= 0.6 is 0 Å². The number of carbonyl (C=O) groups excluding carboxylic acids is 1. The largest absolute Gasteiger partial charge is 0.390 e. The molecule has 2 nitrogen and oxygen atoms in total. The molecule has 90 valence electrons. The van der Waals surface area contributed by atoms with Crippen LogP contribution < -0.4 is 0 Å². The van der Waals surface area contributed by atoms with Crippen LogP contribution in [-0.2, 0) is 4.79 Å². The quantitative estimate of drug-likeness (QED) is 0.684. The first-order valence-corrected chi connectivity index (χ1v) is 6.71. The van der Waals surface area contributed by atoms with Crippen LogP contribution in [0.25, 0.3) is 0 Å². The third-order valence-corrected chi connectivity index (χ3v) is 5.45. The summed E-state index contributed by atoms with van der Waals surface area (Å²) in [6.07, 6.45) is 9.42. The van der Waals surface area contributed by atoms with Gasteiger partial charge in [0, 0.05) is 12.8 Å². The number of carbonyl (C=O) groups is 1. The van der Waals surface area contributed by atoms with E-state index in [1.54, 1.807) is 0 Å². The second kappa shape index (κ2) is 3.10. The highest BCUT2D eigenvalue weighted by Crippen LogP contribution is 2.69. The highest BCUT2D eigenvalue weighted by molar-refractivity contribution is 5.83. The zero-order valence-electron chi connectivity index (χ0n) is 10.2. The van der Waals surface area contributed by atoms with Crippen LogP contribution in [0.15, 0.2) is 0 Å². The lowest BCUT2D eigenvalue weighted by atomic mass is 9.65. The van der Waals surface area contributed by atoms with Gasteiger partial charge in [0.15, 0.2) is 0 Å². The van der Waals surface area contributed by atoms with E-state index in [0.29, 0.717) is 5.78 Å². The molecule has 2 heteroatoms. The zero-order valence-corrected chi connectivity index (χ0v) is 10.2. The van der Waals surface area contributed by atoms with Gasteiger partial charge in [-0.2, -0.15) is 0 Å². The Balaban J connectivity index is 2.03. The first kappa shape index (κ1) is 10.8. The Labute approximate surface area is 97.4 Å². The highest BCUT2D eigenvalue weighted by atomic mass is 16.3. The summed E-state index contributed by atoms with van der Waals surface area (Å²) in [4.78, 5) is 11.9. The van der Waals surface area contributed by atoms with Crippen LogP contribution in [0.2, 0.25) is 0 Å². The molecule has 0 saturated heterocycles. The van der Waals surface area contributed by atoms with E-state index in [1.807, 2.05) is 6.92 Å². The summed E-state index contributed by atoms with van der Waals surface area (Å²) in [6.45, 7) is 1.97. The topological polar surface area (TPSA) is 37.3 Å². The molecule has 3 fully saturated rings. The van der Waals surface area contributed by atoms with Crippen LogP contribution in [-0.4, -0.2) is 16.5 Å². The van der Waals surface area contributed by atoms with Crippen LogP contribution in [0.1, 0.15) is 64.7 Å². The first-order chi connectivity index (χ1) is 7.47. The minimum absolute atomic E-state index is 0.171. The van der Waals surface area contributed by atoms with Gasteiger partial charge in [0.25, 0.3) is 0 Å². The van der Waals surface area contributed by atoms with Crippen molar-refractivity contribution >= 4 is 5.78 Å². The third kappa shape index (κ3) is 1.32. The van der Waals surface area contributed by atoms with E-state index in [0.717, 1.165) is 25.7 Å². The summed E-state index contributed by atoms with van der Waals surface area (Å²) in [5, 5.41) is 10.4. The molecular weight excluding hydrogens is 200 g/mol. The van der Waals surface area contributed by atoms with Crippen molar-refractivity contribution in [3.8, 4) is 0 Å². The fourth-order valence-corrected chi connectivity index (χ4v) is 5.20. The molecule has 0 heterocycles. The number of hydrogen-bond donors (Lipinski definition) is 1. The van der Waals surface area contributed by atoms with Crippen molar-refractivity contribution in [2.75, 3.05) is 0 Å². The molecule has 1 N–H and O–H groups in total. The Morgan fingerprint density at radius 2 is 1.50 bits per heavy atom. The van der Waals surface area contributed by atoms with Gasteiger partial charge in [-0.05, 0) is 43.4 Å². The molecule has 3 atom stereocenters. The van der Waals surface area contributed by atoms with Crippen molar-refractivity contribution < 1.29 is 9.90 Å². The smallest absolute Gasteiger partial charge is 0.134 e. The minimum Gasteiger partial charge on any atom is -0.390 e. The van der Waals surface area contributed by atoms with Crippen molar-refractivity contribution in [2.45, 2.75) is 70.3 Å². The molecule has 0 aromatic heterocycles. The molecule has 0 aliphatic heterocycles. The number of Topliss-reactive ketones (excluding diaryl/α,β-unsaturated/α-hetero) is 1. The first-order valence-electron chi connectivity index (χ1n) is 6.71. The monoisotopic (exact) mass is 222 g/mol. The van der Waals surface area contributed by atoms with Gasteiger partial charge in [-0.25, -0.2) is 0 Å². The van der Waals surface area contributed by atoms with Crippen molar-refractivity contribution in [1.29, 1.82) is 0 Å². The van der Waals surface area contributed by atoms with Gasteiger partial charge in [-0.15, -0.1) is 0 Å². The van der Waals surface area contributed by atoms with Gasteiger partial charge in [0.2, 0.25) is 0 Å². The lowest BCUT2D eigenvalue weighted by Crippen LogP contribution is -2.30. The van der Waals surface area contributed by atoms with E-state index in [2.05, 4.69) is 0 Å². The van der Waals surface area contributed by atoms with Gasteiger partial charge >= 0.3 is 0 Å². The second-order valence-electron chi connectivity index (χ2n) is 6.86. The standard InChI is InChI=1S/C14H22O2/c1-12(16)9-13-5-3-2-4-6-14(13,10-12)8-11(15)7-13/h16H,2-10H2,1H3/t12?,13-,14+. The molecule has 0 spiro atoms. The molecule has 0 radical (unpaired) electrons. The van der Waals surface area contributed by atoms with Gasteiger partial charge < -0.3 is 5.11 Å². The fourth-order valence-electron chi connectivity index (χ4n) is 5.20. The van der Waals surface area contributed by atoms with Crippen LogP contribution in [0.5, 0.6) is 0 Å². The average Bonchev–Trinajstić information content (AvgIpc) is 2.40. The molecule has 0 aromatic rings. The van der Waals surface area contributed by atoms with Crippen molar-refractivity contribution in [1.82, 2.24) is 0 Å². The molecule has 0 aromatic carbocycles. The summed E-state index contributed by atoms with van der Waals surface area (Å²) >= 11 is 0. The predicted octanol–water partition coefficient (Wildman–Crippen LogP) is 2.83. The van der Waals surface area contributed by atoms with Crippen LogP contribution in [0.3, 0.4) is 0 Å². The molecule has 1 unspecified atom stereocenters. The number of ketones is 1. The van der Waals surface area contributed by atoms with Gasteiger partial charge in [0.05, 0.1) is 5.60 Å². The molecule has 3 rings (SSSR count). The molecule has 0 bridgehead atoms. The second-order valence-corrected chi connectivity index (χ2v) is 6.86. The summed E-state index contributed by atoms with van der Waals surface area (Å²) < 4.78 is 0. The Kier molecular flexibility index (Phi) is 2.08. The normalized spacial score (nSPS) is 52.2. The Hall–Kier alpha value is -0.370. The van der Waals surface area contributed by atoms with E-state index in [1.165, 1.54) is 32.1 Å². The zero-order chi connectivity index (χ0) is 11.4. The molecule has 16 heavy (non-hydrogen) atoms. The Morgan fingerprint density at radius 3 is 2.00 bits per heavy atom. The van der Waals surface area contributed by atoms with Crippen molar-refractivity contribution in [2.24, 2.45) is 10.8 Å². The summed E-state index contributed by atoms with van der Waals surface area (Å²) in [7, 11) is 0. The Bertz CT molecular complexity index is 306. The maximum atomic E-state index is 11.9. The molecule has 3 aliphatic carbocycles. The number of rotatable bonds is 0. The highest BCUT2D eigenvalue weighted by Gasteiger charge is 2.65. The number of aliphatic hydroxyl groups is 1. The van der Waals surface area contributed by atoms with E-state index in [4.69, 9.17) is 0 Å². The molecule has 3 saturated carbocycles. The van der Waals surface area contributed by atoms with E-state index in [9.17, 15) is 9.90 Å². The third-order valence-electron chi connectivity index (χ3n) is 5.45. The van der Waals surface area contributed by atoms with Crippen LogP contribution in [0.4, 0.5) is 0 Å². The van der Waals surface area contributed by atoms with E-state index >= 15 is 0 Å². The van der Waals surface area contributed by atoms with Gasteiger partial charge in [-0.1, -0.05) is 19.3 Å². The maximum absolute atomic E-state index is 11.9. The molecule has 3 aliphatic rings. The summed E-state index contributed by atoms with van der Waals surface area (Å²) in [6, 6.07) is 0. The van der Waals surface area contributed by atoms with Gasteiger partial charge in [-0.3, -0.25) is 4.79 Å². The van der Waals surface area contributed by atoms with Crippen LogP contribution in [0, 0.1) is 10.8 Å². The van der Waals surface area contributed by atoms with E-state index in [-0.39, 0.29) is 10.8 Å². The average molecular weight is 222 g/mol. The van der Waals surface area contributed by atoms with Gasteiger partial charge in [0.1, 0.15) is 5.78 Å². The van der Waals surface area contributed by atoms with E-state index < -0.39 is 5.60 Å². The SMILES string of the molecule is CC1(O)C[C@@]23CCCCC[C@@]2(CC(=O)C3)C1.